The molecule has 0 saturated carbocycles. The number of aromatic nitrogens is 3. The fourth-order valence-electron chi connectivity index (χ4n) is 2.31. The lowest BCUT2D eigenvalue weighted by Crippen LogP contribution is -2.26. The van der Waals surface area contributed by atoms with E-state index in [1.807, 2.05) is 7.05 Å². The number of nitrogens with two attached hydrogens (primary N) is 1. The standard InChI is InChI=1S/C14H27N5O/c1-3-4-12(7-9-15)5-6-14(20)16-10-8-13-17-11-19(2)18-13/h11-12H,3-10,15H2,1-2H3,(H,16,20). The Labute approximate surface area is 121 Å². The van der Waals surface area contributed by atoms with Crippen LogP contribution in [0.25, 0.3) is 0 Å². The van der Waals surface area contributed by atoms with Crippen LogP contribution >= 0.6 is 0 Å². The fraction of sp³-hybridized carbons (Fsp3) is 0.786. The van der Waals surface area contributed by atoms with Crippen molar-refractivity contribution in [3.05, 3.63) is 12.2 Å². The van der Waals surface area contributed by atoms with Crippen LogP contribution in [-0.4, -0.2) is 33.8 Å². The summed E-state index contributed by atoms with van der Waals surface area (Å²) in [4.78, 5) is 15.9. The third-order valence-electron chi connectivity index (χ3n) is 3.37. The minimum Gasteiger partial charge on any atom is -0.356 e. The van der Waals surface area contributed by atoms with E-state index >= 15 is 0 Å². The van der Waals surface area contributed by atoms with Gasteiger partial charge in [0.2, 0.25) is 5.91 Å². The second-order valence-electron chi connectivity index (χ2n) is 5.21. The lowest BCUT2D eigenvalue weighted by Gasteiger charge is -2.14. The molecule has 1 unspecified atom stereocenters. The van der Waals surface area contributed by atoms with Crippen molar-refractivity contribution in [2.24, 2.45) is 18.7 Å². The Morgan fingerprint density at radius 3 is 2.85 bits per heavy atom. The maximum absolute atomic E-state index is 11.8. The maximum atomic E-state index is 11.8. The van der Waals surface area contributed by atoms with Crippen LogP contribution in [0.3, 0.4) is 0 Å². The molecule has 0 saturated heterocycles. The minimum atomic E-state index is 0.110. The van der Waals surface area contributed by atoms with Gasteiger partial charge in [-0.25, -0.2) is 4.98 Å². The highest BCUT2D eigenvalue weighted by molar-refractivity contribution is 5.75. The normalized spacial score (nSPS) is 12.3. The Bertz CT molecular complexity index is 385. The molecule has 0 aliphatic rings. The SMILES string of the molecule is CCCC(CCN)CCC(=O)NCCc1ncn(C)n1. The molecule has 6 heteroatoms. The van der Waals surface area contributed by atoms with E-state index in [1.54, 1.807) is 11.0 Å². The summed E-state index contributed by atoms with van der Waals surface area (Å²) < 4.78 is 1.67. The quantitative estimate of drug-likeness (QED) is 0.670. The molecule has 0 spiro atoms. The first-order valence-electron chi connectivity index (χ1n) is 7.47. The van der Waals surface area contributed by atoms with Crippen LogP contribution < -0.4 is 11.1 Å². The number of nitrogens with zero attached hydrogens (tertiary/aromatic N) is 3. The van der Waals surface area contributed by atoms with Crippen molar-refractivity contribution in [1.29, 1.82) is 0 Å². The van der Waals surface area contributed by atoms with Gasteiger partial charge in [-0.05, 0) is 25.3 Å². The number of carbonyl (C=O) groups is 1. The lowest BCUT2D eigenvalue weighted by molar-refractivity contribution is -0.121. The zero-order chi connectivity index (χ0) is 14.8. The predicted molar refractivity (Wildman–Crippen MR) is 79.0 cm³/mol. The topological polar surface area (TPSA) is 85.8 Å². The number of rotatable bonds is 10. The second-order valence-corrected chi connectivity index (χ2v) is 5.21. The van der Waals surface area contributed by atoms with Gasteiger partial charge in [-0.2, -0.15) is 5.10 Å². The van der Waals surface area contributed by atoms with Crippen molar-refractivity contribution in [2.75, 3.05) is 13.1 Å². The van der Waals surface area contributed by atoms with E-state index in [4.69, 9.17) is 5.73 Å². The smallest absolute Gasteiger partial charge is 0.220 e. The van der Waals surface area contributed by atoms with E-state index < -0.39 is 0 Å². The van der Waals surface area contributed by atoms with Crippen LogP contribution in [0.5, 0.6) is 0 Å². The summed E-state index contributed by atoms with van der Waals surface area (Å²) in [6.45, 7) is 3.47. The number of aryl methyl sites for hydroxylation is 1. The van der Waals surface area contributed by atoms with Crippen molar-refractivity contribution < 1.29 is 4.79 Å². The van der Waals surface area contributed by atoms with E-state index in [0.717, 1.165) is 31.5 Å². The van der Waals surface area contributed by atoms with Crippen molar-refractivity contribution in [3.63, 3.8) is 0 Å². The molecule has 1 aromatic rings. The Kier molecular flexibility index (Phi) is 7.87. The molecule has 1 heterocycles. The van der Waals surface area contributed by atoms with Gasteiger partial charge in [0.05, 0.1) is 0 Å². The molecule has 0 fully saturated rings. The summed E-state index contributed by atoms with van der Waals surface area (Å²) in [6, 6.07) is 0. The van der Waals surface area contributed by atoms with E-state index in [0.29, 0.717) is 31.8 Å². The molecular weight excluding hydrogens is 254 g/mol. The summed E-state index contributed by atoms with van der Waals surface area (Å²) in [5, 5.41) is 7.09. The number of amides is 1. The third-order valence-corrected chi connectivity index (χ3v) is 3.37. The summed E-state index contributed by atoms with van der Waals surface area (Å²) in [5.41, 5.74) is 5.60. The van der Waals surface area contributed by atoms with Crippen molar-refractivity contribution in [2.45, 2.75) is 45.4 Å². The van der Waals surface area contributed by atoms with Crippen LogP contribution in [0.2, 0.25) is 0 Å². The van der Waals surface area contributed by atoms with Gasteiger partial charge in [0.1, 0.15) is 6.33 Å². The fourth-order valence-corrected chi connectivity index (χ4v) is 2.31. The number of hydrogen-bond acceptors (Lipinski definition) is 4. The Morgan fingerprint density at radius 2 is 2.25 bits per heavy atom. The number of hydrogen-bond donors (Lipinski definition) is 2. The average molecular weight is 281 g/mol. The van der Waals surface area contributed by atoms with E-state index in [1.165, 1.54) is 0 Å². The van der Waals surface area contributed by atoms with Gasteiger partial charge >= 0.3 is 0 Å². The van der Waals surface area contributed by atoms with Gasteiger partial charge in [-0.15, -0.1) is 0 Å². The summed E-state index contributed by atoms with van der Waals surface area (Å²) in [6.07, 6.45) is 7.17. The van der Waals surface area contributed by atoms with Gasteiger partial charge in [0.15, 0.2) is 5.82 Å². The van der Waals surface area contributed by atoms with Gasteiger partial charge in [-0.1, -0.05) is 19.8 Å². The molecule has 1 atom stereocenters. The zero-order valence-electron chi connectivity index (χ0n) is 12.6. The van der Waals surface area contributed by atoms with E-state index in [-0.39, 0.29) is 5.91 Å². The molecule has 1 rings (SSSR count). The molecule has 1 amide bonds. The number of carbonyl (C=O) groups excluding carboxylic acids is 1. The molecule has 1 aromatic heterocycles. The molecule has 20 heavy (non-hydrogen) atoms. The first-order chi connectivity index (χ1) is 9.65. The van der Waals surface area contributed by atoms with Gasteiger partial charge in [0.25, 0.3) is 0 Å². The van der Waals surface area contributed by atoms with Crippen LogP contribution in [0.15, 0.2) is 6.33 Å². The molecule has 0 aliphatic heterocycles. The van der Waals surface area contributed by atoms with Crippen molar-refractivity contribution in [1.82, 2.24) is 20.1 Å². The summed E-state index contributed by atoms with van der Waals surface area (Å²) in [5.74, 6) is 1.45. The number of nitrogens with one attached hydrogen (secondary N) is 1. The van der Waals surface area contributed by atoms with Gasteiger partial charge in [-0.3, -0.25) is 9.48 Å². The Morgan fingerprint density at radius 1 is 1.45 bits per heavy atom. The lowest BCUT2D eigenvalue weighted by atomic mass is 9.94. The average Bonchev–Trinajstić information content (AvgIpc) is 2.82. The largest absolute Gasteiger partial charge is 0.356 e. The zero-order valence-corrected chi connectivity index (χ0v) is 12.6. The minimum absolute atomic E-state index is 0.110. The highest BCUT2D eigenvalue weighted by Gasteiger charge is 2.10. The van der Waals surface area contributed by atoms with Gasteiger partial charge in [0, 0.05) is 26.4 Å². The molecule has 0 aromatic carbocycles. The third kappa shape index (κ3) is 6.65. The highest BCUT2D eigenvalue weighted by atomic mass is 16.1. The first-order valence-corrected chi connectivity index (χ1v) is 7.47. The molecule has 0 aliphatic carbocycles. The molecule has 0 radical (unpaired) electrons. The molecular formula is C14H27N5O. The Hall–Kier alpha value is -1.43. The Balaban J connectivity index is 2.16. The molecule has 0 bridgehead atoms. The highest BCUT2D eigenvalue weighted by Crippen LogP contribution is 2.16. The van der Waals surface area contributed by atoms with E-state index in [2.05, 4.69) is 22.3 Å². The predicted octanol–water partition coefficient (Wildman–Crippen LogP) is 1.02. The second kappa shape index (κ2) is 9.47. The summed E-state index contributed by atoms with van der Waals surface area (Å²) in [7, 11) is 1.83. The van der Waals surface area contributed by atoms with Crippen LogP contribution in [0.4, 0.5) is 0 Å². The summed E-state index contributed by atoms with van der Waals surface area (Å²) >= 11 is 0. The van der Waals surface area contributed by atoms with Crippen LogP contribution in [-0.2, 0) is 18.3 Å². The monoisotopic (exact) mass is 281 g/mol. The van der Waals surface area contributed by atoms with Gasteiger partial charge < -0.3 is 11.1 Å². The molecule has 114 valence electrons. The molecule has 3 N–H and O–H groups in total. The van der Waals surface area contributed by atoms with Crippen molar-refractivity contribution >= 4 is 5.91 Å². The van der Waals surface area contributed by atoms with E-state index in [9.17, 15) is 4.79 Å². The molecule has 6 nitrogen and oxygen atoms in total. The maximum Gasteiger partial charge on any atom is 0.220 e. The van der Waals surface area contributed by atoms with Crippen molar-refractivity contribution in [3.8, 4) is 0 Å². The first kappa shape index (κ1) is 16.6. The van der Waals surface area contributed by atoms with Crippen LogP contribution in [0, 0.1) is 5.92 Å². The van der Waals surface area contributed by atoms with Crippen LogP contribution in [0.1, 0.15) is 44.9 Å².